The van der Waals surface area contributed by atoms with Gasteiger partial charge in [-0.2, -0.15) is 0 Å². The van der Waals surface area contributed by atoms with Gasteiger partial charge in [-0.05, 0) is 45.1 Å². The number of fused-ring (bicyclic) bond motifs is 3. The number of nitrogens with zero attached hydrogens (tertiary/aromatic N) is 4. The van der Waals surface area contributed by atoms with Crippen LogP contribution in [0.25, 0.3) is 22.1 Å². The minimum absolute atomic E-state index is 0.0149. The number of thioether (sulfide) groups is 1. The third kappa shape index (κ3) is 4.04. The molecule has 1 aliphatic rings. The van der Waals surface area contributed by atoms with Gasteiger partial charge in [-0.3, -0.25) is 4.79 Å². The fraction of sp³-hybridized carbons (Fsp3) is 0.429. The van der Waals surface area contributed by atoms with Crippen molar-refractivity contribution < 1.29 is 4.79 Å². The lowest BCUT2D eigenvalue weighted by Crippen LogP contribution is -2.26. The lowest BCUT2D eigenvalue weighted by atomic mass is 9.97. The molecule has 0 atom stereocenters. The fourth-order valence-corrected chi connectivity index (χ4v) is 4.36. The van der Waals surface area contributed by atoms with Crippen molar-refractivity contribution in [3.63, 3.8) is 0 Å². The molecule has 0 saturated heterocycles. The smallest absolute Gasteiger partial charge is 0.230 e. The first-order valence-electron chi connectivity index (χ1n) is 9.95. The second-order valence-corrected chi connectivity index (χ2v) is 7.97. The number of carbonyl (C=O) groups excluding carboxylic acids is 1. The average molecular weight is 396 g/mol. The molecule has 146 valence electrons. The molecule has 0 bridgehead atoms. The van der Waals surface area contributed by atoms with E-state index in [-0.39, 0.29) is 5.91 Å². The number of carbonyl (C=O) groups is 1. The van der Waals surface area contributed by atoms with Gasteiger partial charge in [-0.15, -0.1) is 10.2 Å². The predicted octanol–water partition coefficient (Wildman–Crippen LogP) is 4.10. The van der Waals surface area contributed by atoms with Crippen LogP contribution in [0.5, 0.6) is 0 Å². The molecule has 4 rings (SSSR count). The van der Waals surface area contributed by atoms with E-state index in [1.807, 2.05) is 18.2 Å². The first-order valence-corrected chi connectivity index (χ1v) is 10.9. The maximum Gasteiger partial charge on any atom is 0.230 e. The fourth-order valence-electron chi connectivity index (χ4n) is 3.75. The van der Waals surface area contributed by atoms with Gasteiger partial charge in [0.2, 0.25) is 11.1 Å². The van der Waals surface area contributed by atoms with E-state index in [2.05, 4.69) is 44.1 Å². The number of nitrogens with one attached hydrogen (secondary N) is 1. The SMILES string of the molecule is CCn1c2ccccc2c2nnc(SCC(=O)NCCC3=CCCCC3)nc21. The minimum atomic E-state index is 0.0149. The summed E-state index contributed by atoms with van der Waals surface area (Å²) in [7, 11) is 0. The summed E-state index contributed by atoms with van der Waals surface area (Å²) < 4.78 is 2.14. The molecule has 2 aromatic heterocycles. The normalized spacial score (nSPS) is 14.4. The highest BCUT2D eigenvalue weighted by Crippen LogP contribution is 2.27. The van der Waals surface area contributed by atoms with E-state index < -0.39 is 0 Å². The second-order valence-electron chi connectivity index (χ2n) is 7.02. The van der Waals surface area contributed by atoms with Crippen LogP contribution in [0.1, 0.15) is 39.0 Å². The summed E-state index contributed by atoms with van der Waals surface area (Å²) in [5.41, 5.74) is 4.22. The van der Waals surface area contributed by atoms with Gasteiger partial charge >= 0.3 is 0 Å². The van der Waals surface area contributed by atoms with Crippen molar-refractivity contribution in [3.05, 3.63) is 35.9 Å². The van der Waals surface area contributed by atoms with E-state index in [0.717, 1.165) is 35.0 Å². The zero-order valence-electron chi connectivity index (χ0n) is 16.1. The number of rotatable bonds is 7. The third-order valence-electron chi connectivity index (χ3n) is 5.16. The van der Waals surface area contributed by atoms with Gasteiger partial charge in [0.05, 0.1) is 11.3 Å². The summed E-state index contributed by atoms with van der Waals surface area (Å²) in [6.07, 6.45) is 8.21. The topological polar surface area (TPSA) is 72.7 Å². The van der Waals surface area contributed by atoms with Gasteiger partial charge in [0.15, 0.2) is 5.65 Å². The molecule has 7 heteroatoms. The highest BCUT2D eigenvalue weighted by molar-refractivity contribution is 7.99. The van der Waals surface area contributed by atoms with Gasteiger partial charge in [-0.1, -0.05) is 41.6 Å². The molecule has 2 heterocycles. The van der Waals surface area contributed by atoms with Crippen molar-refractivity contribution in [2.45, 2.75) is 50.7 Å². The van der Waals surface area contributed by atoms with Gasteiger partial charge in [0.25, 0.3) is 0 Å². The van der Waals surface area contributed by atoms with Crippen LogP contribution < -0.4 is 5.32 Å². The van der Waals surface area contributed by atoms with E-state index in [1.165, 1.54) is 43.0 Å². The third-order valence-corrected chi connectivity index (χ3v) is 5.99. The Labute approximate surface area is 168 Å². The highest BCUT2D eigenvalue weighted by atomic mass is 32.2. The molecule has 1 amide bonds. The number of aromatic nitrogens is 4. The monoisotopic (exact) mass is 395 g/mol. The number of aryl methyl sites for hydroxylation is 1. The molecule has 0 saturated carbocycles. The Bertz CT molecular complexity index is 1030. The Morgan fingerprint density at radius 1 is 1.25 bits per heavy atom. The van der Waals surface area contributed by atoms with E-state index in [1.54, 1.807) is 0 Å². The summed E-state index contributed by atoms with van der Waals surface area (Å²) in [5.74, 6) is 0.319. The zero-order valence-corrected chi connectivity index (χ0v) is 17.0. The minimum Gasteiger partial charge on any atom is -0.355 e. The number of para-hydroxylation sites is 1. The Kier molecular flexibility index (Phi) is 5.90. The molecule has 0 radical (unpaired) electrons. The van der Waals surface area contributed by atoms with E-state index >= 15 is 0 Å². The molecular formula is C21H25N5OS. The van der Waals surface area contributed by atoms with Crippen molar-refractivity contribution in [2.24, 2.45) is 0 Å². The van der Waals surface area contributed by atoms with Crippen molar-refractivity contribution in [2.75, 3.05) is 12.3 Å². The van der Waals surface area contributed by atoms with Crippen molar-refractivity contribution in [1.29, 1.82) is 0 Å². The average Bonchev–Trinajstić information content (AvgIpc) is 3.06. The lowest BCUT2D eigenvalue weighted by molar-refractivity contribution is -0.118. The van der Waals surface area contributed by atoms with Crippen molar-refractivity contribution in [3.8, 4) is 0 Å². The van der Waals surface area contributed by atoms with Crippen molar-refractivity contribution >= 4 is 39.7 Å². The van der Waals surface area contributed by atoms with Crippen LogP contribution in [0.15, 0.2) is 41.1 Å². The molecule has 0 fully saturated rings. The molecule has 28 heavy (non-hydrogen) atoms. The largest absolute Gasteiger partial charge is 0.355 e. The predicted molar refractivity (Wildman–Crippen MR) is 113 cm³/mol. The van der Waals surface area contributed by atoms with Gasteiger partial charge in [-0.25, -0.2) is 4.98 Å². The van der Waals surface area contributed by atoms with Crippen molar-refractivity contribution in [1.82, 2.24) is 25.1 Å². The first-order chi connectivity index (χ1) is 13.8. The first kappa shape index (κ1) is 18.9. The maximum absolute atomic E-state index is 12.2. The molecule has 3 aromatic rings. The summed E-state index contributed by atoms with van der Waals surface area (Å²) in [6, 6.07) is 8.14. The zero-order chi connectivity index (χ0) is 19.3. The van der Waals surface area contributed by atoms with Crippen LogP contribution in [0.2, 0.25) is 0 Å². The summed E-state index contributed by atoms with van der Waals surface area (Å²) in [6.45, 7) is 3.60. The Morgan fingerprint density at radius 3 is 2.96 bits per heavy atom. The molecule has 0 spiro atoms. The Morgan fingerprint density at radius 2 is 2.14 bits per heavy atom. The summed E-state index contributed by atoms with van der Waals surface area (Å²) in [4.78, 5) is 16.8. The van der Waals surface area contributed by atoms with Crippen LogP contribution in [-0.4, -0.2) is 38.0 Å². The van der Waals surface area contributed by atoms with Crippen LogP contribution in [-0.2, 0) is 11.3 Å². The number of hydrogen-bond acceptors (Lipinski definition) is 5. The van der Waals surface area contributed by atoms with Crippen LogP contribution in [0.4, 0.5) is 0 Å². The molecular weight excluding hydrogens is 370 g/mol. The van der Waals surface area contributed by atoms with E-state index in [4.69, 9.17) is 0 Å². The lowest BCUT2D eigenvalue weighted by Gasteiger charge is -2.12. The number of benzene rings is 1. The second kappa shape index (κ2) is 8.73. The Balaban J connectivity index is 1.38. The highest BCUT2D eigenvalue weighted by Gasteiger charge is 2.14. The number of hydrogen-bond donors (Lipinski definition) is 1. The molecule has 0 unspecified atom stereocenters. The van der Waals surface area contributed by atoms with Gasteiger partial charge in [0.1, 0.15) is 5.52 Å². The van der Waals surface area contributed by atoms with Crippen LogP contribution in [0.3, 0.4) is 0 Å². The van der Waals surface area contributed by atoms with E-state index in [0.29, 0.717) is 17.5 Å². The molecule has 1 N–H and O–H groups in total. The summed E-state index contributed by atoms with van der Waals surface area (Å²) in [5, 5.41) is 13.2. The van der Waals surface area contributed by atoms with Gasteiger partial charge in [0, 0.05) is 18.5 Å². The van der Waals surface area contributed by atoms with Gasteiger partial charge < -0.3 is 9.88 Å². The number of amides is 1. The number of allylic oxidation sites excluding steroid dienone is 1. The molecule has 1 aliphatic carbocycles. The van der Waals surface area contributed by atoms with E-state index in [9.17, 15) is 4.79 Å². The molecule has 1 aromatic carbocycles. The molecule has 6 nitrogen and oxygen atoms in total. The summed E-state index contributed by atoms with van der Waals surface area (Å²) >= 11 is 1.33. The van der Waals surface area contributed by atoms with Crippen LogP contribution in [0, 0.1) is 0 Å². The maximum atomic E-state index is 12.2. The van der Waals surface area contributed by atoms with Crippen LogP contribution >= 0.6 is 11.8 Å². The Hall–Kier alpha value is -2.41. The standard InChI is InChI=1S/C21H25N5OS/c1-2-26-17-11-7-6-10-16(17)19-20(26)23-21(25-24-19)28-14-18(27)22-13-12-15-8-4-3-5-9-15/h6-8,10-11H,2-5,9,12-14H2,1H3,(H,22,27). The molecule has 0 aliphatic heterocycles. The quantitative estimate of drug-likeness (QED) is 0.482.